The van der Waals surface area contributed by atoms with Gasteiger partial charge < -0.3 is 5.11 Å². The number of nitrogens with zero attached hydrogens (tertiary/aromatic N) is 2. The van der Waals surface area contributed by atoms with E-state index in [-0.39, 0.29) is 0 Å². The van der Waals surface area contributed by atoms with Gasteiger partial charge in [0.05, 0.1) is 17.4 Å². The third-order valence-corrected chi connectivity index (χ3v) is 7.41. The van der Waals surface area contributed by atoms with Gasteiger partial charge in [-0.25, -0.2) is 4.98 Å². The predicted molar refractivity (Wildman–Crippen MR) is 138 cm³/mol. The zero-order valence-corrected chi connectivity index (χ0v) is 19.9. The van der Waals surface area contributed by atoms with Crippen molar-refractivity contribution in [2.45, 2.75) is 22.9 Å². The van der Waals surface area contributed by atoms with E-state index < -0.39 is 6.10 Å². The van der Waals surface area contributed by atoms with E-state index >= 15 is 0 Å². The van der Waals surface area contributed by atoms with E-state index in [4.69, 9.17) is 4.98 Å². The van der Waals surface area contributed by atoms with E-state index in [1.165, 1.54) is 17.3 Å². The maximum atomic E-state index is 10.6. The summed E-state index contributed by atoms with van der Waals surface area (Å²) in [6, 6.07) is 32.6. The molecule has 5 heteroatoms. The SMILES string of the molecule is Cc1ccc(-c2cc(-c3ccccc3)nc(SCC(O)CSc3ccccc3)c2C#N)cc1. The van der Waals surface area contributed by atoms with Crippen LogP contribution in [0.5, 0.6) is 0 Å². The van der Waals surface area contributed by atoms with Gasteiger partial charge in [0.2, 0.25) is 0 Å². The van der Waals surface area contributed by atoms with E-state index in [1.807, 2.05) is 85.8 Å². The fourth-order valence-corrected chi connectivity index (χ4v) is 5.32. The van der Waals surface area contributed by atoms with Crippen molar-refractivity contribution < 1.29 is 5.11 Å². The monoisotopic (exact) mass is 468 g/mol. The van der Waals surface area contributed by atoms with Crippen molar-refractivity contribution in [2.75, 3.05) is 11.5 Å². The highest BCUT2D eigenvalue weighted by atomic mass is 32.2. The van der Waals surface area contributed by atoms with Crippen LogP contribution >= 0.6 is 23.5 Å². The first-order chi connectivity index (χ1) is 16.1. The number of thioether (sulfide) groups is 2. The number of hydrogen-bond acceptors (Lipinski definition) is 5. The second kappa shape index (κ2) is 11.2. The number of aliphatic hydroxyl groups is 1. The van der Waals surface area contributed by atoms with Crippen molar-refractivity contribution in [3.05, 3.63) is 102 Å². The Labute approximate surface area is 203 Å². The zero-order valence-electron chi connectivity index (χ0n) is 18.3. The number of rotatable bonds is 8. The highest BCUT2D eigenvalue weighted by molar-refractivity contribution is 8.00. The first kappa shape index (κ1) is 23.1. The topological polar surface area (TPSA) is 56.9 Å². The number of benzene rings is 3. The number of aromatic nitrogens is 1. The molecule has 1 heterocycles. The molecule has 4 rings (SSSR count). The fraction of sp³-hybridized carbons (Fsp3) is 0.143. The van der Waals surface area contributed by atoms with Crippen molar-refractivity contribution in [1.82, 2.24) is 4.98 Å². The molecule has 1 unspecified atom stereocenters. The van der Waals surface area contributed by atoms with Gasteiger partial charge in [0.25, 0.3) is 0 Å². The maximum Gasteiger partial charge on any atom is 0.115 e. The number of aryl methyl sites for hydroxylation is 1. The Morgan fingerprint density at radius 1 is 0.848 bits per heavy atom. The number of hydrogen-bond donors (Lipinski definition) is 1. The van der Waals surface area contributed by atoms with Gasteiger partial charge in [-0.05, 0) is 30.7 Å². The van der Waals surface area contributed by atoms with E-state index in [9.17, 15) is 10.4 Å². The summed E-state index contributed by atoms with van der Waals surface area (Å²) in [6.45, 7) is 2.05. The molecule has 4 aromatic rings. The normalized spacial score (nSPS) is 11.7. The number of pyridine rings is 1. The van der Waals surface area contributed by atoms with Gasteiger partial charge in [-0.15, -0.1) is 23.5 Å². The minimum absolute atomic E-state index is 0.465. The van der Waals surface area contributed by atoms with Gasteiger partial charge >= 0.3 is 0 Å². The van der Waals surface area contributed by atoms with Crippen LogP contribution in [0.2, 0.25) is 0 Å². The summed E-state index contributed by atoms with van der Waals surface area (Å²) in [5.41, 5.74) is 5.38. The molecule has 0 bridgehead atoms. The summed E-state index contributed by atoms with van der Waals surface area (Å²) in [5, 5.41) is 21.3. The molecule has 1 atom stereocenters. The summed E-state index contributed by atoms with van der Waals surface area (Å²) in [7, 11) is 0. The molecule has 0 saturated heterocycles. The smallest absolute Gasteiger partial charge is 0.115 e. The van der Waals surface area contributed by atoms with E-state index in [0.717, 1.165) is 27.3 Å². The van der Waals surface area contributed by atoms with E-state index in [0.29, 0.717) is 22.1 Å². The van der Waals surface area contributed by atoms with Gasteiger partial charge in [-0.3, -0.25) is 0 Å². The molecule has 0 fully saturated rings. The summed E-state index contributed by atoms with van der Waals surface area (Å²) in [5.74, 6) is 1.05. The Bertz CT molecular complexity index is 1240. The van der Waals surface area contributed by atoms with Crippen LogP contribution in [0.15, 0.2) is 101 Å². The molecule has 0 saturated carbocycles. The number of aliphatic hydroxyl groups excluding tert-OH is 1. The molecule has 3 nitrogen and oxygen atoms in total. The Hall–Kier alpha value is -3.04. The van der Waals surface area contributed by atoms with Gasteiger partial charge in [-0.1, -0.05) is 78.4 Å². The Kier molecular flexibility index (Phi) is 7.85. The van der Waals surface area contributed by atoms with Gasteiger partial charge in [0.1, 0.15) is 11.1 Å². The van der Waals surface area contributed by atoms with Crippen LogP contribution in [0, 0.1) is 18.3 Å². The fourth-order valence-electron chi connectivity index (χ4n) is 3.38. The summed E-state index contributed by atoms with van der Waals surface area (Å²) in [4.78, 5) is 5.96. The molecular weight excluding hydrogens is 444 g/mol. The van der Waals surface area contributed by atoms with Crippen LogP contribution in [0.1, 0.15) is 11.1 Å². The molecular formula is C28H24N2OS2. The van der Waals surface area contributed by atoms with E-state index in [1.54, 1.807) is 11.8 Å². The summed E-state index contributed by atoms with van der Waals surface area (Å²) >= 11 is 3.06. The minimum atomic E-state index is -0.517. The third kappa shape index (κ3) is 6.06. The van der Waals surface area contributed by atoms with Crippen molar-refractivity contribution in [1.29, 1.82) is 5.26 Å². The molecule has 1 N–H and O–H groups in total. The maximum absolute atomic E-state index is 10.6. The molecule has 0 amide bonds. The second-order valence-corrected chi connectivity index (χ2v) is 9.77. The van der Waals surface area contributed by atoms with Crippen LogP contribution < -0.4 is 0 Å². The summed E-state index contributed by atoms with van der Waals surface area (Å²) < 4.78 is 0. The van der Waals surface area contributed by atoms with E-state index in [2.05, 4.69) is 18.2 Å². The number of nitriles is 1. The van der Waals surface area contributed by atoms with Crippen molar-refractivity contribution in [3.8, 4) is 28.5 Å². The van der Waals surface area contributed by atoms with Crippen molar-refractivity contribution >= 4 is 23.5 Å². The van der Waals surface area contributed by atoms with Gasteiger partial charge in [0.15, 0.2) is 0 Å². The summed E-state index contributed by atoms with van der Waals surface area (Å²) in [6.07, 6.45) is -0.517. The molecule has 0 radical (unpaired) electrons. The molecule has 0 aliphatic carbocycles. The molecule has 0 aliphatic rings. The molecule has 33 heavy (non-hydrogen) atoms. The van der Waals surface area contributed by atoms with Crippen LogP contribution in [0.4, 0.5) is 0 Å². The molecule has 0 spiro atoms. The van der Waals surface area contributed by atoms with Gasteiger partial charge in [-0.2, -0.15) is 5.26 Å². The Morgan fingerprint density at radius 3 is 2.15 bits per heavy atom. The highest BCUT2D eigenvalue weighted by Gasteiger charge is 2.17. The highest BCUT2D eigenvalue weighted by Crippen LogP contribution is 2.35. The largest absolute Gasteiger partial charge is 0.391 e. The molecule has 3 aromatic carbocycles. The van der Waals surface area contributed by atoms with Crippen LogP contribution in [0.25, 0.3) is 22.4 Å². The average Bonchev–Trinajstić information content (AvgIpc) is 2.87. The quantitative estimate of drug-likeness (QED) is 0.287. The minimum Gasteiger partial charge on any atom is -0.391 e. The molecule has 164 valence electrons. The Balaban J connectivity index is 1.62. The lowest BCUT2D eigenvalue weighted by Crippen LogP contribution is -2.13. The first-order valence-electron chi connectivity index (χ1n) is 10.7. The van der Waals surface area contributed by atoms with Crippen molar-refractivity contribution in [3.63, 3.8) is 0 Å². The lowest BCUT2D eigenvalue weighted by Gasteiger charge is -2.14. The lowest BCUT2D eigenvalue weighted by atomic mass is 9.98. The standard InChI is InChI=1S/C28H24N2OS2/c1-20-12-14-21(15-13-20)25-16-27(22-8-4-2-5-9-22)30-28(26(25)17-29)33-19-23(31)18-32-24-10-6-3-7-11-24/h2-16,23,31H,18-19H2,1H3. The van der Waals surface area contributed by atoms with Crippen molar-refractivity contribution in [2.24, 2.45) is 0 Å². The Morgan fingerprint density at radius 2 is 1.48 bits per heavy atom. The third-order valence-electron chi connectivity index (χ3n) is 5.13. The average molecular weight is 469 g/mol. The predicted octanol–water partition coefficient (Wildman–Crippen LogP) is 6.84. The molecule has 0 aliphatic heterocycles. The van der Waals surface area contributed by atoms with Gasteiger partial charge in [0, 0.05) is 27.5 Å². The van der Waals surface area contributed by atoms with Crippen LogP contribution in [0.3, 0.4) is 0 Å². The lowest BCUT2D eigenvalue weighted by molar-refractivity contribution is 0.225. The molecule has 1 aromatic heterocycles. The van der Waals surface area contributed by atoms with Crippen LogP contribution in [-0.4, -0.2) is 27.7 Å². The zero-order chi connectivity index (χ0) is 23.0. The second-order valence-electron chi connectivity index (χ2n) is 7.67. The van der Waals surface area contributed by atoms with Crippen LogP contribution in [-0.2, 0) is 0 Å². The first-order valence-corrected chi connectivity index (χ1v) is 12.7.